The molecule has 0 saturated carbocycles. The van der Waals surface area contributed by atoms with E-state index in [1.54, 1.807) is 0 Å². The lowest BCUT2D eigenvalue weighted by molar-refractivity contribution is 0.0600. The van der Waals surface area contributed by atoms with E-state index in [-0.39, 0.29) is 11.1 Å². The van der Waals surface area contributed by atoms with Crippen LogP contribution in [0.1, 0.15) is 40.5 Å². The highest BCUT2D eigenvalue weighted by atomic mass is 35.5. The maximum atomic E-state index is 12.3. The standard InChI is InChI=1S/C17H19ClN4O3/c1-3-4-7-19-17-20-9-12(10-21-17)15(23)22-14-8-11(16(24)25-2)5-6-13(14)18/h5-6,8-10H,3-4,7H2,1-2H3,(H,22,23)(H,19,20,21). The molecule has 7 nitrogen and oxygen atoms in total. The van der Waals surface area contributed by atoms with Crippen molar-refractivity contribution < 1.29 is 14.3 Å². The highest BCUT2D eigenvalue weighted by Crippen LogP contribution is 2.24. The summed E-state index contributed by atoms with van der Waals surface area (Å²) in [5, 5.41) is 6.01. The predicted octanol–water partition coefficient (Wildman–Crippen LogP) is 3.38. The first kappa shape index (κ1) is 18.7. The highest BCUT2D eigenvalue weighted by Gasteiger charge is 2.13. The fourth-order valence-electron chi connectivity index (χ4n) is 1.97. The Labute approximate surface area is 150 Å². The first-order valence-corrected chi connectivity index (χ1v) is 8.18. The van der Waals surface area contributed by atoms with Crippen molar-refractivity contribution in [3.05, 3.63) is 46.7 Å². The van der Waals surface area contributed by atoms with E-state index in [1.165, 1.54) is 37.7 Å². The van der Waals surface area contributed by atoms with Gasteiger partial charge in [-0.15, -0.1) is 0 Å². The fraction of sp³-hybridized carbons (Fsp3) is 0.294. The number of unbranched alkanes of at least 4 members (excludes halogenated alkanes) is 1. The molecule has 2 aromatic rings. The SMILES string of the molecule is CCCCNc1ncc(C(=O)Nc2cc(C(=O)OC)ccc2Cl)cn1. The number of rotatable bonds is 7. The van der Waals surface area contributed by atoms with Gasteiger partial charge in [0.2, 0.25) is 5.95 Å². The van der Waals surface area contributed by atoms with Crippen LogP contribution in [0.4, 0.5) is 11.6 Å². The number of benzene rings is 1. The lowest BCUT2D eigenvalue weighted by atomic mass is 10.2. The molecule has 8 heteroatoms. The monoisotopic (exact) mass is 362 g/mol. The van der Waals surface area contributed by atoms with Crippen LogP contribution in [0.3, 0.4) is 0 Å². The first-order chi connectivity index (χ1) is 12.0. The van der Waals surface area contributed by atoms with Crippen molar-refractivity contribution in [1.82, 2.24) is 9.97 Å². The zero-order valence-electron chi connectivity index (χ0n) is 14.0. The second-order valence-corrected chi connectivity index (χ2v) is 5.62. The summed E-state index contributed by atoms with van der Waals surface area (Å²) in [6.07, 6.45) is 4.93. The fourth-order valence-corrected chi connectivity index (χ4v) is 2.14. The van der Waals surface area contributed by atoms with Gasteiger partial charge in [0.1, 0.15) is 0 Å². The Morgan fingerprint density at radius 2 is 1.92 bits per heavy atom. The van der Waals surface area contributed by atoms with Gasteiger partial charge in [-0.25, -0.2) is 14.8 Å². The van der Waals surface area contributed by atoms with Gasteiger partial charge < -0.3 is 15.4 Å². The van der Waals surface area contributed by atoms with Crippen LogP contribution in [0.2, 0.25) is 5.02 Å². The Morgan fingerprint density at radius 1 is 1.20 bits per heavy atom. The number of halogens is 1. The average molecular weight is 363 g/mol. The van der Waals surface area contributed by atoms with Crippen molar-refractivity contribution in [3.8, 4) is 0 Å². The molecule has 25 heavy (non-hydrogen) atoms. The summed E-state index contributed by atoms with van der Waals surface area (Å²) in [6.45, 7) is 2.87. The number of methoxy groups -OCH3 is 1. The van der Waals surface area contributed by atoms with Crippen LogP contribution >= 0.6 is 11.6 Å². The van der Waals surface area contributed by atoms with E-state index in [0.29, 0.717) is 16.7 Å². The minimum atomic E-state index is -0.516. The van der Waals surface area contributed by atoms with Gasteiger partial charge in [0.15, 0.2) is 0 Å². The molecule has 1 amide bonds. The molecule has 0 aliphatic heterocycles. The van der Waals surface area contributed by atoms with E-state index < -0.39 is 11.9 Å². The van der Waals surface area contributed by atoms with Crippen LogP contribution in [0, 0.1) is 0 Å². The van der Waals surface area contributed by atoms with E-state index in [0.717, 1.165) is 19.4 Å². The summed E-state index contributed by atoms with van der Waals surface area (Å²) in [5.74, 6) is -0.474. The number of hydrogen-bond donors (Lipinski definition) is 2. The van der Waals surface area contributed by atoms with Gasteiger partial charge >= 0.3 is 5.97 Å². The number of anilines is 2. The largest absolute Gasteiger partial charge is 0.465 e. The van der Waals surface area contributed by atoms with Crippen molar-refractivity contribution in [2.45, 2.75) is 19.8 Å². The molecular formula is C17H19ClN4O3. The molecule has 0 aliphatic carbocycles. The third kappa shape index (κ3) is 5.15. The molecule has 2 rings (SSSR count). The van der Waals surface area contributed by atoms with Gasteiger partial charge in [0, 0.05) is 18.9 Å². The van der Waals surface area contributed by atoms with Crippen molar-refractivity contribution in [2.24, 2.45) is 0 Å². The van der Waals surface area contributed by atoms with Crippen molar-refractivity contribution in [2.75, 3.05) is 24.3 Å². The summed E-state index contributed by atoms with van der Waals surface area (Å²) in [4.78, 5) is 32.1. The average Bonchev–Trinajstić information content (AvgIpc) is 2.63. The van der Waals surface area contributed by atoms with E-state index in [4.69, 9.17) is 11.6 Å². The second-order valence-electron chi connectivity index (χ2n) is 5.22. The van der Waals surface area contributed by atoms with Crippen molar-refractivity contribution >= 4 is 35.1 Å². The number of carbonyl (C=O) groups is 2. The molecule has 0 bridgehead atoms. The third-order valence-corrected chi connectivity index (χ3v) is 3.69. The topological polar surface area (TPSA) is 93.2 Å². The Kier molecular flexibility index (Phi) is 6.71. The molecule has 0 radical (unpaired) electrons. The summed E-state index contributed by atoms with van der Waals surface area (Å²) in [5.41, 5.74) is 0.870. The van der Waals surface area contributed by atoms with Gasteiger partial charge in [-0.05, 0) is 24.6 Å². The number of ether oxygens (including phenoxy) is 1. The Bertz CT molecular complexity index is 750. The third-order valence-electron chi connectivity index (χ3n) is 3.36. The van der Waals surface area contributed by atoms with Crippen molar-refractivity contribution in [3.63, 3.8) is 0 Å². The number of hydrogen-bond acceptors (Lipinski definition) is 6. The molecule has 0 aliphatic rings. The normalized spacial score (nSPS) is 10.2. The van der Waals surface area contributed by atoms with E-state index in [2.05, 4.69) is 32.3 Å². The summed E-state index contributed by atoms with van der Waals surface area (Å²) in [7, 11) is 1.28. The van der Waals surface area contributed by atoms with Crippen LogP contribution in [0.5, 0.6) is 0 Å². The number of amides is 1. The van der Waals surface area contributed by atoms with E-state index in [1.807, 2.05) is 0 Å². The molecule has 0 spiro atoms. The van der Waals surface area contributed by atoms with Crippen LogP contribution in [0.15, 0.2) is 30.6 Å². The molecule has 1 heterocycles. The maximum absolute atomic E-state index is 12.3. The number of aromatic nitrogens is 2. The number of esters is 1. The summed E-state index contributed by atoms with van der Waals surface area (Å²) < 4.78 is 4.65. The van der Waals surface area contributed by atoms with Gasteiger partial charge in [-0.2, -0.15) is 0 Å². The molecule has 2 N–H and O–H groups in total. The van der Waals surface area contributed by atoms with Crippen LogP contribution in [-0.2, 0) is 4.74 Å². The molecule has 0 atom stereocenters. The quantitative estimate of drug-likeness (QED) is 0.579. The minimum absolute atomic E-state index is 0.278. The lowest BCUT2D eigenvalue weighted by Gasteiger charge is -2.09. The molecule has 132 valence electrons. The van der Waals surface area contributed by atoms with E-state index in [9.17, 15) is 9.59 Å². The number of nitrogens with zero attached hydrogens (tertiary/aromatic N) is 2. The molecule has 1 aromatic heterocycles. The Balaban J connectivity index is 2.07. The Morgan fingerprint density at radius 3 is 2.56 bits per heavy atom. The van der Waals surface area contributed by atoms with Crippen LogP contribution in [0.25, 0.3) is 0 Å². The second kappa shape index (κ2) is 8.98. The van der Waals surface area contributed by atoms with Gasteiger partial charge in [0.05, 0.1) is 28.9 Å². The highest BCUT2D eigenvalue weighted by molar-refractivity contribution is 6.34. The first-order valence-electron chi connectivity index (χ1n) is 7.80. The number of nitrogens with one attached hydrogen (secondary N) is 2. The predicted molar refractivity (Wildman–Crippen MR) is 96.2 cm³/mol. The summed E-state index contributed by atoms with van der Waals surface area (Å²) in [6, 6.07) is 4.48. The van der Waals surface area contributed by atoms with Gasteiger partial charge in [0.25, 0.3) is 5.91 Å². The molecule has 0 fully saturated rings. The molecule has 0 unspecified atom stereocenters. The summed E-state index contributed by atoms with van der Waals surface area (Å²) >= 11 is 6.06. The molecule has 0 saturated heterocycles. The smallest absolute Gasteiger partial charge is 0.337 e. The Hall–Kier alpha value is -2.67. The lowest BCUT2D eigenvalue weighted by Crippen LogP contribution is -2.14. The minimum Gasteiger partial charge on any atom is -0.465 e. The maximum Gasteiger partial charge on any atom is 0.337 e. The van der Waals surface area contributed by atoms with Crippen molar-refractivity contribution in [1.29, 1.82) is 0 Å². The zero-order chi connectivity index (χ0) is 18.2. The van der Waals surface area contributed by atoms with Crippen LogP contribution in [-0.4, -0.2) is 35.5 Å². The number of carbonyl (C=O) groups excluding carboxylic acids is 2. The zero-order valence-corrected chi connectivity index (χ0v) is 14.8. The molecule has 1 aromatic carbocycles. The van der Waals surface area contributed by atoms with Gasteiger partial charge in [-0.1, -0.05) is 24.9 Å². The van der Waals surface area contributed by atoms with Crippen LogP contribution < -0.4 is 10.6 Å². The molecular weight excluding hydrogens is 344 g/mol. The van der Waals surface area contributed by atoms with Gasteiger partial charge in [-0.3, -0.25) is 4.79 Å². The van der Waals surface area contributed by atoms with E-state index >= 15 is 0 Å².